The fraction of sp³-hybridized carbons (Fsp3) is 0.0556. The highest BCUT2D eigenvalue weighted by molar-refractivity contribution is 6.29. The zero-order valence-corrected chi connectivity index (χ0v) is 11.5. The minimum atomic E-state index is -1.05. The SMILES string of the molecule is O=C1c2ccccc2C(=O)C1c1ncc2ccccc2c1O. The largest absolute Gasteiger partial charge is 0.505 e. The third kappa shape index (κ3) is 1.61. The fourth-order valence-electron chi connectivity index (χ4n) is 2.97. The predicted molar refractivity (Wildman–Crippen MR) is 81.3 cm³/mol. The third-order valence-electron chi connectivity index (χ3n) is 4.06. The number of carbonyl (C=O) groups is 2. The Morgan fingerprint density at radius 3 is 2.14 bits per heavy atom. The first-order chi connectivity index (χ1) is 10.7. The minimum absolute atomic E-state index is 0.0994. The van der Waals surface area contributed by atoms with Crippen molar-refractivity contribution in [2.24, 2.45) is 0 Å². The summed E-state index contributed by atoms with van der Waals surface area (Å²) in [5.41, 5.74) is 0.920. The number of aromatic nitrogens is 1. The lowest BCUT2D eigenvalue weighted by Gasteiger charge is -2.10. The Bertz CT molecular complexity index is 911. The Labute approximate surface area is 126 Å². The summed E-state index contributed by atoms with van der Waals surface area (Å²) in [7, 11) is 0. The number of fused-ring (bicyclic) bond motifs is 2. The lowest BCUT2D eigenvalue weighted by Crippen LogP contribution is -2.14. The van der Waals surface area contributed by atoms with Crippen LogP contribution in [0.1, 0.15) is 32.3 Å². The van der Waals surface area contributed by atoms with E-state index in [1.807, 2.05) is 12.1 Å². The van der Waals surface area contributed by atoms with Crippen LogP contribution in [-0.4, -0.2) is 21.7 Å². The van der Waals surface area contributed by atoms with Crippen molar-refractivity contribution in [1.82, 2.24) is 4.98 Å². The number of pyridine rings is 1. The molecular weight excluding hydrogens is 278 g/mol. The number of nitrogens with zero attached hydrogens (tertiary/aromatic N) is 1. The highest BCUT2D eigenvalue weighted by Crippen LogP contribution is 2.39. The van der Waals surface area contributed by atoms with Gasteiger partial charge < -0.3 is 5.11 Å². The number of carbonyl (C=O) groups excluding carboxylic acids is 2. The van der Waals surface area contributed by atoms with Crippen molar-refractivity contribution in [1.29, 1.82) is 0 Å². The Balaban J connectivity index is 1.92. The van der Waals surface area contributed by atoms with Crippen molar-refractivity contribution in [2.75, 3.05) is 0 Å². The molecule has 4 heteroatoms. The Hall–Kier alpha value is -3.01. The van der Waals surface area contributed by atoms with Crippen molar-refractivity contribution in [2.45, 2.75) is 5.92 Å². The fourth-order valence-corrected chi connectivity index (χ4v) is 2.97. The van der Waals surface area contributed by atoms with E-state index in [2.05, 4.69) is 4.98 Å². The number of ketones is 2. The molecule has 0 spiro atoms. The van der Waals surface area contributed by atoms with Gasteiger partial charge in [0.1, 0.15) is 17.4 Å². The molecule has 1 N–H and O–H groups in total. The molecule has 0 saturated carbocycles. The van der Waals surface area contributed by atoms with Gasteiger partial charge >= 0.3 is 0 Å². The molecule has 0 saturated heterocycles. The van der Waals surface area contributed by atoms with Gasteiger partial charge in [-0.25, -0.2) is 0 Å². The first-order valence-electron chi connectivity index (χ1n) is 6.92. The molecule has 0 radical (unpaired) electrons. The van der Waals surface area contributed by atoms with E-state index < -0.39 is 5.92 Å². The number of hydrogen-bond acceptors (Lipinski definition) is 4. The first kappa shape index (κ1) is 12.7. The van der Waals surface area contributed by atoms with Crippen LogP contribution in [0.4, 0.5) is 0 Å². The minimum Gasteiger partial charge on any atom is -0.505 e. The van der Waals surface area contributed by atoms with Gasteiger partial charge in [-0.3, -0.25) is 14.6 Å². The number of hydrogen-bond donors (Lipinski definition) is 1. The molecule has 2 aromatic carbocycles. The van der Waals surface area contributed by atoms with Crippen LogP contribution in [0, 0.1) is 0 Å². The average Bonchev–Trinajstić information content (AvgIpc) is 2.81. The molecule has 106 valence electrons. The molecule has 1 aliphatic carbocycles. The second-order valence-corrected chi connectivity index (χ2v) is 5.29. The molecule has 4 rings (SSSR count). The van der Waals surface area contributed by atoms with Gasteiger partial charge in [0.15, 0.2) is 11.6 Å². The molecular formula is C18H11NO3. The maximum absolute atomic E-state index is 12.5. The van der Waals surface area contributed by atoms with E-state index in [0.717, 1.165) is 5.39 Å². The zero-order valence-electron chi connectivity index (χ0n) is 11.5. The summed E-state index contributed by atoms with van der Waals surface area (Å²) < 4.78 is 0. The van der Waals surface area contributed by atoms with E-state index in [0.29, 0.717) is 16.5 Å². The van der Waals surface area contributed by atoms with Crippen molar-refractivity contribution < 1.29 is 14.7 Å². The van der Waals surface area contributed by atoms with Crippen LogP contribution in [0.25, 0.3) is 10.8 Å². The lowest BCUT2D eigenvalue weighted by atomic mass is 9.96. The molecule has 1 aliphatic rings. The topological polar surface area (TPSA) is 67.3 Å². The van der Waals surface area contributed by atoms with Gasteiger partial charge in [-0.05, 0) is 0 Å². The Kier molecular flexibility index (Phi) is 2.60. The van der Waals surface area contributed by atoms with Crippen LogP contribution in [0.3, 0.4) is 0 Å². The second-order valence-electron chi connectivity index (χ2n) is 5.29. The molecule has 0 bridgehead atoms. The molecule has 3 aromatic rings. The molecule has 1 heterocycles. The van der Waals surface area contributed by atoms with E-state index in [1.54, 1.807) is 42.6 Å². The molecule has 0 fully saturated rings. The van der Waals surface area contributed by atoms with Crippen LogP contribution in [0.15, 0.2) is 54.7 Å². The summed E-state index contributed by atoms with van der Waals surface area (Å²) in [6.45, 7) is 0. The zero-order chi connectivity index (χ0) is 15.3. The smallest absolute Gasteiger partial charge is 0.180 e. The molecule has 0 atom stereocenters. The van der Waals surface area contributed by atoms with Crippen LogP contribution >= 0.6 is 0 Å². The first-order valence-corrected chi connectivity index (χ1v) is 6.92. The monoisotopic (exact) mass is 289 g/mol. The molecule has 0 amide bonds. The van der Waals surface area contributed by atoms with Crippen molar-refractivity contribution >= 4 is 22.3 Å². The number of rotatable bonds is 1. The van der Waals surface area contributed by atoms with Gasteiger partial charge in [-0.1, -0.05) is 48.5 Å². The maximum Gasteiger partial charge on any atom is 0.180 e. The van der Waals surface area contributed by atoms with Gasteiger partial charge in [0.2, 0.25) is 0 Å². The van der Waals surface area contributed by atoms with E-state index in [1.165, 1.54) is 0 Å². The Morgan fingerprint density at radius 2 is 1.45 bits per heavy atom. The van der Waals surface area contributed by atoms with Crippen LogP contribution in [-0.2, 0) is 0 Å². The molecule has 0 unspecified atom stereocenters. The normalized spacial score (nSPS) is 14.5. The quantitative estimate of drug-likeness (QED) is 0.699. The number of benzene rings is 2. The lowest BCUT2D eigenvalue weighted by molar-refractivity contribution is 0.0886. The highest BCUT2D eigenvalue weighted by atomic mass is 16.3. The van der Waals surface area contributed by atoms with Gasteiger partial charge in [-0.2, -0.15) is 0 Å². The van der Waals surface area contributed by atoms with E-state index >= 15 is 0 Å². The van der Waals surface area contributed by atoms with E-state index in [9.17, 15) is 14.7 Å². The highest BCUT2D eigenvalue weighted by Gasteiger charge is 2.41. The molecule has 1 aromatic heterocycles. The summed E-state index contributed by atoms with van der Waals surface area (Å²) in [6.07, 6.45) is 1.58. The number of aromatic hydroxyl groups is 1. The predicted octanol–water partition coefficient (Wildman–Crippen LogP) is 3.10. The summed E-state index contributed by atoms with van der Waals surface area (Å²) in [6, 6.07) is 13.9. The molecule has 22 heavy (non-hydrogen) atoms. The third-order valence-corrected chi connectivity index (χ3v) is 4.06. The summed E-state index contributed by atoms with van der Waals surface area (Å²) in [5, 5.41) is 11.8. The average molecular weight is 289 g/mol. The maximum atomic E-state index is 12.5. The van der Waals surface area contributed by atoms with Crippen molar-refractivity contribution in [3.8, 4) is 5.75 Å². The van der Waals surface area contributed by atoms with Crippen molar-refractivity contribution in [3.05, 3.63) is 71.5 Å². The summed E-state index contributed by atoms with van der Waals surface area (Å²) >= 11 is 0. The van der Waals surface area contributed by atoms with Crippen LogP contribution < -0.4 is 0 Å². The van der Waals surface area contributed by atoms with Crippen LogP contribution in [0.5, 0.6) is 5.75 Å². The van der Waals surface area contributed by atoms with Crippen molar-refractivity contribution in [3.63, 3.8) is 0 Å². The molecule has 4 nitrogen and oxygen atoms in total. The molecule has 0 aliphatic heterocycles. The van der Waals surface area contributed by atoms with E-state index in [4.69, 9.17) is 0 Å². The van der Waals surface area contributed by atoms with Crippen LogP contribution in [0.2, 0.25) is 0 Å². The van der Waals surface area contributed by atoms with Gasteiger partial charge in [0.05, 0.1) is 0 Å². The Morgan fingerprint density at radius 1 is 0.864 bits per heavy atom. The van der Waals surface area contributed by atoms with Gasteiger partial charge in [-0.15, -0.1) is 0 Å². The van der Waals surface area contributed by atoms with E-state index in [-0.39, 0.29) is 23.0 Å². The summed E-state index contributed by atoms with van der Waals surface area (Å²) in [4.78, 5) is 29.2. The number of Topliss-reactive ketones (excluding diaryl/α,β-unsaturated/α-hetero) is 2. The summed E-state index contributed by atoms with van der Waals surface area (Å²) in [5.74, 6) is -1.77. The standard InChI is InChI=1S/C18H11NO3/c20-16-12-7-3-4-8-13(12)17(21)14(16)15-18(22)11-6-2-1-5-10(11)9-19-15/h1-9,14,22H. The second kappa shape index (κ2) is 4.49. The van der Waals surface area contributed by atoms with Gasteiger partial charge in [0, 0.05) is 28.1 Å². The van der Waals surface area contributed by atoms with Gasteiger partial charge in [0.25, 0.3) is 0 Å².